The molecular formula is C26H34FNO4. The minimum atomic E-state index is -0.934. The van der Waals surface area contributed by atoms with Gasteiger partial charge in [-0.05, 0) is 87.9 Å². The summed E-state index contributed by atoms with van der Waals surface area (Å²) in [4.78, 5) is 24.7. The minimum absolute atomic E-state index is 0.197. The van der Waals surface area contributed by atoms with Crippen LogP contribution in [0.5, 0.6) is 0 Å². The Morgan fingerprint density at radius 2 is 1.78 bits per heavy atom. The van der Waals surface area contributed by atoms with Gasteiger partial charge in [0.05, 0.1) is 19.1 Å². The number of benzene rings is 2. The maximum Gasteiger partial charge on any atom is 0.408 e. The van der Waals surface area contributed by atoms with Crippen LogP contribution in [0.1, 0.15) is 69.3 Å². The normalized spacial score (nSPS) is 12.2. The predicted molar refractivity (Wildman–Crippen MR) is 124 cm³/mol. The number of halogens is 1. The van der Waals surface area contributed by atoms with Gasteiger partial charge < -0.3 is 14.8 Å². The van der Waals surface area contributed by atoms with Crippen molar-refractivity contribution in [1.82, 2.24) is 5.32 Å². The van der Waals surface area contributed by atoms with Gasteiger partial charge in [-0.25, -0.2) is 9.18 Å². The van der Waals surface area contributed by atoms with Gasteiger partial charge in [-0.3, -0.25) is 4.79 Å². The third kappa shape index (κ3) is 6.55. The van der Waals surface area contributed by atoms with Crippen LogP contribution in [-0.4, -0.2) is 24.3 Å². The zero-order valence-electron chi connectivity index (χ0n) is 20.1. The SMILES string of the molecule is CCOC(=O)C[C@H](NC(=O)OC(C)(C)C)c1cc(-c2c(C)cccc2CC)cc(C)c1F. The average molecular weight is 444 g/mol. The van der Waals surface area contributed by atoms with Crippen LogP contribution in [-0.2, 0) is 20.7 Å². The smallest absolute Gasteiger partial charge is 0.408 e. The maximum absolute atomic E-state index is 15.3. The van der Waals surface area contributed by atoms with Crippen molar-refractivity contribution in [3.05, 3.63) is 58.4 Å². The van der Waals surface area contributed by atoms with E-state index in [0.717, 1.165) is 28.7 Å². The van der Waals surface area contributed by atoms with E-state index in [9.17, 15) is 9.59 Å². The first-order valence-electron chi connectivity index (χ1n) is 11.0. The third-order valence-corrected chi connectivity index (χ3v) is 5.05. The highest BCUT2D eigenvalue weighted by Crippen LogP contribution is 2.34. The molecule has 0 saturated heterocycles. The quantitative estimate of drug-likeness (QED) is 0.518. The Bertz CT molecular complexity index is 979. The van der Waals surface area contributed by atoms with Gasteiger partial charge in [-0.2, -0.15) is 0 Å². The zero-order valence-corrected chi connectivity index (χ0v) is 20.1. The number of nitrogens with one attached hydrogen (secondary N) is 1. The second kappa shape index (κ2) is 10.6. The number of carbonyl (C=O) groups excluding carboxylic acids is 2. The van der Waals surface area contributed by atoms with Gasteiger partial charge in [0.15, 0.2) is 0 Å². The van der Waals surface area contributed by atoms with Crippen LogP contribution in [0, 0.1) is 19.7 Å². The Hall–Kier alpha value is -2.89. The molecule has 0 fully saturated rings. The summed E-state index contributed by atoms with van der Waals surface area (Å²) < 4.78 is 25.7. The third-order valence-electron chi connectivity index (χ3n) is 5.05. The van der Waals surface area contributed by atoms with Crippen LogP contribution < -0.4 is 5.32 Å². The second-order valence-electron chi connectivity index (χ2n) is 8.87. The fourth-order valence-electron chi connectivity index (χ4n) is 3.71. The van der Waals surface area contributed by atoms with Crippen LogP contribution in [0.2, 0.25) is 0 Å². The fraction of sp³-hybridized carbons (Fsp3) is 0.462. The fourth-order valence-corrected chi connectivity index (χ4v) is 3.71. The number of aryl methyl sites for hydroxylation is 3. The minimum Gasteiger partial charge on any atom is -0.466 e. The van der Waals surface area contributed by atoms with Gasteiger partial charge in [0.25, 0.3) is 0 Å². The molecule has 2 rings (SSSR count). The number of hydrogen-bond donors (Lipinski definition) is 1. The Morgan fingerprint density at radius 1 is 1.09 bits per heavy atom. The van der Waals surface area contributed by atoms with E-state index in [1.165, 1.54) is 0 Å². The van der Waals surface area contributed by atoms with Crippen molar-refractivity contribution in [3.63, 3.8) is 0 Å². The Labute approximate surface area is 190 Å². The molecule has 0 radical (unpaired) electrons. The van der Waals surface area contributed by atoms with E-state index in [1.54, 1.807) is 46.8 Å². The molecule has 0 aliphatic heterocycles. The van der Waals surface area contributed by atoms with Crippen LogP contribution in [0.25, 0.3) is 11.1 Å². The van der Waals surface area contributed by atoms with Crippen molar-refractivity contribution in [2.75, 3.05) is 6.61 Å². The Balaban J connectivity index is 2.57. The first kappa shape index (κ1) is 25.4. The highest BCUT2D eigenvalue weighted by molar-refractivity contribution is 5.75. The molecule has 1 N–H and O–H groups in total. The van der Waals surface area contributed by atoms with E-state index < -0.39 is 29.5 Å². The van der Waals surface area contributed by atoms with E-state index in [0.29, 0.717) is 5.56 Å². The van der Waals surface area contributed by atoms with Gasteiger partial charge in [0, 0.05) is 5.56 Å². The van der Waals surface area contributed by atoms with E-state index in [2.05, 4.69) is 18.3 Å². The molecule has 32 heavy (non-hydrogen) atoms. The summed E-state index contributed by atoms with van der Waals surface area (Å²) in [6.07, 6.45) is -0.105. The summed E-state index contributed by atoms with van der Waals surface area (Å²) in [6.45, 7) is 12.9. The molecule has 2 aromatic carbocycles. The topological polar surface area (TPSA) is 64.6 Å². The molecule has 174 valence electrons. The van der Waals surface area contributed by atoms with Crippen molar-refractivity contribution < 1.29 is 23.5 Å². The maximum atomic E-state index is 15.3. The van der Waals surface area contributed by atoms with Gasteiger partial charge in [-0.15, -0.1) is 0 Å². The van der Waals surface area contributed by atoms with Gasteiger partial charge in [0.1, 0.15) is 11.4 Å². The number of hydrogen-bond acceptors (Lipinski definition) is 4. The number of esters is 1. The first-order chi connectivity index (χ1) is 15.0. The lowest BCUT2D eigenvalue weighted by atomic mass is 9.89. The van der Waals surface area contributed by atoms with Crippen molar-refractivity contribution >= 4 is 12.1 Å². The number of ether oxygens (including phenoxy) is 2. The van der Waals surface area contributed by atoms with Crippen molar-refractivity contribution in [1.29, 1.82) is 0 Å². The molecule has 0 aromatic heterocycles. The summed E-state index contributed by atoms with van der Waals surface area (Å²) in [6, 6.07) is 8.65. The molecule has 0 saturated carbocycles. The molecule has 0 spiro atoms. The Morgan fingerprint density at radius 3 is 2.38 bits per heavy atom. The van der Waals surface area contributed by atoms with Crippen LogP contribution in [0.3, 0.4) is 0 Å². The molecule has 0 aliphatic carbocycles. The highest BCUT2D eigenvalue weighted by Gasteiger charge is 2.27. The molecule has 1 amide bonds. The predicted octanol–water partition coefficient (Wildman–Crippen LogP) is 6.19. The lowest BCUT2D eigenvalue weighted by Crippen LogP contribution is -2.36. The average Bonchev–Trinajstić information content (AvgIpc) is 2.68. The van der Waals surface area contributed by atoms with Crippen LogP contribution >= 0.6 is 0 Å². The summed E-state index contributed by atoms with van der Waals surface area (Å²) in [7, 11) is 0. The number of amides is 1. The number of carbonyl (C=O) groups is 2. The molecule has 0 aliphatic rings. The summed E-state index contributed by atoms with van der Waals surface area (Å²) >= 11 is 0. The molecule has 0 bridgehead atoms. The van der Waals surface area contributed by atoms with Crippen molar-refractivity contribution in [2.24, 2.45) is 0 Å². The van der Waals surface area contributed by atoms with Crippen LogP contribution in [0.4, 0.5) is 9.18 Å². The van der Waals surface area contributed by atoms with E-state index in [-0.39, 0.29) is 18.6 Å². The molecule has 5 nitrogen and oxygen atoms in total. The van der Waals surface area contributed by atoms with Gasteiger partial charge >= 0.3 is 12.1 Å². The first-order valence-corrected chi connectivity index (χ1v) is 11.0. The zero-order chi connectivity index (χ0) is 24.1. The largest absolute Gasteiger partial charge is 0.466 e. The van der Waals surface area contributed by atoms with E-state index >= 15 is 4.39 Å². The van der Waals surface area contributed by atoms with Crippen LogP contribution in [0.15, 0.2) is 30.3 Å². The molecule has 1 atom stereocenters. The lowest BCUT2D eigenvalue weighted by molar-refractivity contribution is -0.143. The highest BCUT2D eigenvalue weighted by atomic mass is 19.1. The molecule has 0 unspecified atom stereocenters. The summed E-state index contributed by atoms with van der Waals surface area (Å²) in [5.74, 6) is -0.994. The number of alkyl carbamates (subject to hydrolysis) is 1. The number of rotatable bonds is 7. The van der Waals surface area contributed by atoms with Crippen molar-refractivity contribution in [3.8, 4) is 11.1 Å². The molecular weight excluding hydrogens is 409 g/mol. The summed E-state index contributed by atoms with van der Waals surface area (Å²) in [5.41, 5.74) is 4.02. The standard InChI is InChI=1S/C26H34FNO4/c1-8-18-12-10-11-16(3)23(18)19-13-17(4)24(27)20(14-19)21(15-22(29)31-9-2)28-25(30)32-26(5,6)7/h10-14,21H,8-9,15H2,1-7H3,(H,28,30)/t21-/m0/s1. The van der Waals surface area contributed by atoms with E-state index in [4.69, 9.17) is 9.47 Å². The van der Waals surface area contributed by atoms with Gasteiger partial charge in [-0.1, -0.05) is 25.1 Å². The van der Waals surface area contributed by atoms with Gasteiger partial charge in [0.2, 0.25) is 0 Å². The lowest BCUT2D eigenvalue weighted by Gasteiger charge is -2.25. The van der Waals surface area contributed by atoms with Crippen molar-refractivity contribution in [2.45, 2.75) is 73.0 Å². The molecule has 0 heterocycles. The molecule has 6 heteroatoms. The van der Waals surface area contributed by atoms with E-state index in [1.807, 2.05) is 19.1 Å². The Kier molecular flexibility index (Phi) is 8.42. The summed E-state index contributed by atoms with van der Waals surface area (Å²) in [5, 5.41) is 2.67. The molecule has 2 aromatic rings. The monoisotopic (exact) mass is 443 g/mol. The second-order valence-corrected chi connectivity index (χ2v) is 8.87.